The van der Waals surface area contributed by atoms with Crippen LogP contribution in [0.5, 0.6) is 0 Å². The molecule has 0 saturated carbocycles. The Morgan fingerprint density at radius 1 is 1.08 bits per heavy atom. The second kappa shape index (κ2) is 9.64. The number of oxazole rings is 1. The highest BCUT2D eigenvalue weighted by Crippen LogP contribution is 2.37. The number of alkyl halides is 4. The highest BCUT2D eigenvalue weighted by atomic mass is 35.5. The molecule has 4 rings (SSSR count). The van der Waals surface area contributed by atoms with Gasteiger partial charge in [-0.25, -0.2) is 33.1 Å². The molecule has 1 N–H and O–H groups in total. The minimum Gasteiger partial charge on any atom is -0.416 e. The lowest BCUT2D eigenvalue weighted by Gasteiger charge is -2.14. The first-order chi connectivity index (χ1) is 17.0. The molecule has 0 unspecified atom stereocenters. The third-order valence-electron chi connectivity index (χ3n) is 5.08. The van der Waals surface area contributed by atoms with E-state index in [9.17, 15) is 26.7 Å². The summed E-state index contributed by atoms with van der Waals surface area (Å²) in [6.45, 7) is 2.78. The van der Waals surface area contributed by atoms with Crippen LogP contribution in [0.2, 0.25) is 5.02 Å². The van der Waals surface area contributed by atoms with Gasteiger partial charge >= 0.3 is 11.9 Å². The summed E-state index contributed by atoms with van der Waals surface area (Å²) >= 11 is 5.66. The van der Waals surface area contributed by atoms with Crippen LogP contribution in [0.1, 0.15) is 43.1 Å². The molecule has 3 heterocycles. The molecule has 0 bridgehead atoms. The van der Waals surface area contributed by atoms with Gasteiger partial charge in [-0.1, -0.05) is 17.7 Å². The van der Waals surface area contributed by atoms with E-state index in [1.54, 1.807) is 6.92 Å². The van der Waals surface area contributed by atoms with Crippen LogP contribution in [0, 0.1) is 5.82 Å². The summed E-state index contributed by atoms with van der Waals surface area (Å²) in [7, 11) is 0. The molecule has 0 amide bonds. The van der Waals surface area contributed by atoms with E-state index in [0.717, 1.165) is 31.5 Å². The van der Waals surface area contributed by atoms with Gasteiger partial charge < -0.3 is 9.73 Å². The molecular weight excluding hydrogens is 511 g/mol. The van der Waals surface area contributed by atoms with Crippen molar-refractivity contribution < 1.29 is 26.4 Å². The molecule has 0 aliphatic rings. The smallest absolute Gasteiger partial charge is 0.416 e. The zero-order chi connectivity index (χ0) is 26.2. The van der Waals surface area contributed by atoms with E-state index < -0.39 is 46.4 Å². The molecule has 0 radical (unpaired) electrons. The van der Waals surface area contributed by atoms with Crippen LogP contribution in [0.15, 0.2) is 52.3 Å². The molecule has 14 heteroatoms. The maximum Gasteiger partial charge on any atom is 0.425 e. The maximum absolute atomic E-state index is 14.4. The third-order valence-corrected chi connectivity index (χ3v) is 5.41. The lowest BCUT2D eigenvalue weighted by atomic mass is 10.1. The van der Waals surface area contributed by atoms with Crippen molar-refractivity contribution in [3.8, 4) is 16.9 Å². The monoisotopic (exact) mass is 526 g/mol. The zero-order valence-electron chi connectivity index (χ0n) is 18.5. The molecule has 0 spiro atoms. The number of hydrogen-bond acceptors (Lipinski definition) is 7. The van der Waals surface area contributed by atoms with E-state index >= 15 is 0 Å². The van der Waals surface area contributed by atoms with Gasteiger partial charge in [0, 0.05) is 18.0 Å². The van der Waals surface area contributed by atoms with Gasteiger partial charge in [-0.3, -0.25) is 0 Å². The van der Waals surface area contributed by atoms with Crippen molar-refractivity contribution in [3.05, 3.63) is 81.5 Å². The average Bonchev–Trinajstić information content (AvgIpc) is 3.21. The summed E-state index contributed by atoms with van der Waals surface area (Å²) in [6, 6.07) is 2.81. The Bertz CT molecular complexity index is 1450. The molecule has 0 aliphatic heterocycles. The van der Waals surface area contributed by atoms with Gasteiger partial charge in [-0.05, 0) is 31.5 Å². The second-order valence-electron chi connectivity index (χ2n) is 7.63. The van der Waals surface area contributed by atoms with Crippen molar-refractivity contribution in [2.24, 2.45) is 0 Å². The van der Waals surface area contributed by atoms with Crippen LogP contribution in [0.4, 0.5) is 27.9 Å². The fourth-order valence-corrected chi connectivity index (χ4v) is 3.50. The molecule has 0 fully saturated rings. The number of nitrogens with one attached hydrogen (secondary N) is 1. The third kappa shape index (κ3) is 5.05. The summed E-state index contributed by atoms with van der Waals surface area (Å²) < 4.78 is 73.0. The number of benzene rings is 1. The van der Waals surface area contributed by atoms with Crippen LogP contribution < -0.4 is 11.1 Å². The quantitative estimate of drug-likeness (QED) is 0.322. The first-order valence-corrected chi connectivity index (χ1v) is 10.7. The molecule has 2 atom stereocenters. The first kappa shape index (κ1) is 25.2. The van der Waals surface area contributed by atoms with E-state index in [0.29, 0.717) is 10.1 Å². The van der Waals surface area contributed by atoms with E-state index in [1.165, 1.54) is 18.5 Å². The SMILES string of the molecule is C[C@H](F)c1coc(=O)n1-c1nc(N[C@@H](C)c2ncc(-c3ccc(Cl)c(C(F)(F)F)c3)cn2)ncc1F. The lowest BCUT2D eigenvalue weighted by molar-refractivity contribution is -0.137. The summed E-state index contributed by atoms with van der Waals surface area (Å²) in [6.07, 6.45) is -1.92. The van der Waals surface area contributed by atoms with E-state index in [2.05, 4.69) is 29.7 Å². The second-order valence-corrected chi connectivity index (χ2v) is 8.04. The van der Waals surface area contributed by atoms with Crippen molar-refractivity contribution >= 4 is 17.5 Å². The maximum atomic E-state index is 14.4. The van der Waals surface area contributed by atoms with Gasteiger partial charge in [-0.15, -0.1) is 0 Å². The Balaban J connectivity index is 1.57. The van der Waals surface area contributed by atoms with Crippen LogP contribution in [0.3, 0.4) is 0 Å². The minimum atomic E-state index is -4.62. The van der Waals surface area contributed by atoms with Gasteiger partial charge in [0.05, 0.1) is 22.8 Å². The Morgan fingerprint density at radius 2 is 1.78 bits per heavy atom. The number of rotatable bonds is 6. The van der Waals surface area contributed by atoms with Crippen LogP contribution in [-0.4, -0.2) is 24.5 Å². The van der Waals surface area contributed by atoms with E-state index in [4.69, 9.17) is 11.6 Å². The Hall–Kier alpha value is -3.87. The molecule has 1 aromatic carbocycles. The highest BCUT2D eigenvalue weighted by molar-refractivity contribution is 6.31. The van der Waals surface area contributed by atoms with Gasteiger partial charge in [0.1, 0.15) is 24.0 Å². The first-order valence-electron chi connectivity index (χ1n) is 10.3. The normalized spacial score (nSPS) is 13.4. The van der Waals surface area contributed by atoms with Gasteiger partial charge in [0.15, 0.2) is 11.6 Å². The van der Waals surface area contributed by atoms with Gasteiger partial charge in [0.2, 0.25) is 5.95 Å². The predicted molar refractivity (Wildman–Crippen MR) is 119 cm³/mol. The fourth-order valence-electron chi connectivity index (χ4n) is 3.28. The van der Waals surface area contributed by atoms with Gasteiger partial charge in [-0.2, -0.15) is 18.2 Å². The largest absolute Gasteiger partial charge is 0.425 e. The summed E-state index contributed by atoms with van der Waals surface area (Å²) in [5.41, 5.74) is -0.673. The Morgan fingerprint density at radius 3 is 2.42 bits per heavy atom. The average molecular weight is 527 g/mol. The molecule has 0 saturated heterocycles. The van der Waals surface area contributed by atoms with Gasteiger partial charge in [0.25, 0.3) is 0 Å². The molecule has 8 nitrogen and oxygen atoms in total. The summed E-state index contributed by atoms with van der Waals surface area (Å²) in [4.78, 5) is 28.1. The minimum absolute atomic E-state index is 0.121. The highest BCUT2D eigenvalue weighted by Gasteiger charge is 2.33. The standard InChI is InChI=1S/C22H16ClF5N6O2/c1-10(24)17-9-36-21(35)34(17)19-16(25)8-31-20(33-19)32-11(2)18-29-6-13(7-30-18)12-3-4-15(23)14(5-12)22(26,27)28/h3-11H,1-2H3,(H,31,32,33)/t10-,11-/m0/s1. The Kier molecular flexibility index (Phi) is 6.76. The number of nitrogens with zero attached hydrogens (tertiary/aromatic N) is 5. The lowest BCUT2D eigenvalue weighted by Crippen LogP contribution is -2.20. The molecular formula is C22H16ClF5N6O2. The summed E-state index contributed by atoms with van der Waals surface area (Å²) in [5.74, 6) is -2.43. The number of halogens is 6. The van der Waals surface area contributed by atoms with Crippen molar-refractivity contribution in [2.75, 3.05) is 5.32 Å². The molecule has 0 aliphatic carbocycles. The predicted octanol–water partition coefficient (Wildman–Crippen LogP) is 5.69. The van der Waals surface area contributed by atoms with E-state index in [1.807, 2.05) is 0 Å². The number of anilines is 1. The number of hydrogen-bond donors (Lipinski definition) is 1. The molecule has 36 heavy (non-hydrogen) atoms. The van der Waals surface area contributed by atoms with Crippen molar-refractivity contribution in [2.45, 2.75) is 32.2 Å². The van der Waals surface area contributed by atoms with Crippen molar-refractivity contribution in [1.29, 1.82) is 0 Å². The fraction of sp³-hybridized carbons (Fsp3) is 0.227. The molecule has 4 aromatic rings. The molecule has 3 aromatic heterocycles. The van der Waals surface area contributed by atoms with E-state index in [-0.39, 0.29) is 23.0 Å². The Labute approximate surface area is 204 Å². The zero-order valence-corrected chi connectivity index (χ0v) is 19.3. The van der Waals surface area contributed by atoms with Crippen molar-refractivity contribution in [3.63, 3.8) is 0 Å². The van der Waals surface area contributed by atoms with Crippen LogP contribution >= 0.6 is 11.6 Å². The number of aromatic nitrogens is 5. The van der Waals surface area contributed by atoms with Crippen LogP contribution in [-0.2, 0) is 6.18 Å². The molecule has 188 valence electrons. The summed E-state index contributed by atoms with van der Waals surface area (Å²) in [5, 5.41) is 2.41. The topological polar surface area (TPSA) is 98.7 Å². The van der Waals surface area contributed by atoms with Crippen LogP contribution in [0.25, 0.3) is 16.9 Å². The van der Waals surface area contributed by atoms with Crippen molar-refractivity contribution in [1.82, 2.24) is 24.5 Å².